The standard InChI is InChI=1S/C13H27N3O2/c1-10(6-5-7-11(2)14)13(18)16-9-4-3-8-12(15)17/h10-11H,3-9,14H2,1-2H3,(H2,15,17)(H,16,18). The fourth-order valence-corrected chi connectivity index (χ4v) is 1.69. The molecule has 106 valence electrons. The van der Waals surface area contributed by atoms with E-state index in [9.17, 15) is 9.59 Å². The van der Waals surface area contributed by atoms with E-state index in [0.717, 1.165) is 32.1 Å². The van der Waals surface area contributed by atoms with Gasteiger partial charge in [-0.25, -0.2) is 0 Å². The zero-order valence-electron chi connectivity index (χ0n) is 11.6. The highest BCUT2D eigenvalue weighted by Crippen LogP contribution is 2.09. The quantitative estimate of drug-likeness (QED) is 0.507. The molecular weight excluding hydrogens is 230 g/mol. The van der Waals surface area contributed by atoms with Gasteiger partial charge in [-0.05, 0) is 32.6 Å². The molecule has 0 aliphatic heterocycles. The van der Waals surface area contributed by atoms with Crippen LogP contribution in [0.5, 0.6) is 0 Å². The highest BCUT2D eigenvalue weighted by molar-refractivity contribution is 5.78. The Balaban J connectivity index is 3.52. The highest BCUT2D eigenvalue weighted by atomic mass is 16.2. The molecule has 0 aliphatic carbocycles. The number of nitrogens with two attached hydrogens (primary N) is 2. The molecule has 0 aromatic heterocycles. The molecule has 0 rings (SSSR count). The van der Waals surface area contributed by atoms with E-state index < -0.39 is 0 Å². The SMILES string of the molecule is CC(N)CCCC(C)C(=O)NCCCCC(N)=O. The van der Waals surface area contributed by atoms with E-state index in [0.29, 0.717) is 13.0 Å². The van der Waals surface area contributed by atoms with Crippen molar-refractivity contribution in [3.8, 4) is 0 Å². The summed E-state index contributed by atoms with van der Waals surface area (Å²) >= 11 is 0. The van der Waals surface area contributed by atoms with Crippen LogP contribution in [0.3, 0.4) is 0 Å². The molecule has 0 aromatic carbocycles. The van der Waals surface area contributed by atoms with Crippen molar-refractivity contribution < 1.29 is 9.59 Å². The number of carbonyl (C=O) groups excluding carboxylic acids is 2. The van der Waals surface area contributed by atoms with Gasteiger partial charge in [0, 0.05) is 24.9 Å². The lowest BCUT2D eigenvalue weighted by Gasteiger charge is -2.12. The van der Waals surface area contributed by atoms with Crippen molar-refractivity contribution in [1.82, 2.24) is 5.32 Å². The molecule has 5 N–H and O–H groups in total. The predicted octanol–water partition coefficient (Wildman–Crippen LogP) is 0.912. The minimum atomic E-state index is -0.286. The molecule has 18 heavy (non-hydrogen) atoms. The van der Waals surface area contributed by atoms with E-state index in [4.69, 9.17) is 11.5 Å². The van der Waals surface area contributed by atoms with Gasteiger partial charge in [0.1, 0.15) is 0 Å². The summed E-state index contributed by atoms with van der Waals surface area (Å²) in [6.45, 7) is 4.52. The number of rotatable bonds is 10. The van der Waals surface area contributed by atoms with Crippen molar-refractivity contribution in [2.24, 2.45) is 17.4 Å². The number of hydrogen-bond acceptors (Lipinski definition) is 3. The molecule has 0 aromatic rings. The van der Waals surface area contributed by atoms with Crippen molar-refractivity contribution in [2.75, 3.05) is 6.54 Å². The third kappa shape index (κ3) is 10.1. The van der Waals surface area contributed by atoms with E-state index in [1.165, 1.54) is 0 Å². The van der Waals surface area contributed by atoms with Crippen LogP contribution in [0.1, 0.15) is 52.4 Å². The topological polar surface area (TPSA) is 98.2 Å². The lowest BCUT2D eigenvalue weighted by molar-refractivity contribution is -0.124. The summed E-state index contributed by atoms with van der Waals surface area (Å²) in [5.74, 6) is -0.177. The Kier molecular flexibility index (Phi) is 9.28. The maximum absolute atomic E-state index is 11.7. The molecule has 5 heteroatoms. The maximum atomic E-state index is 11.7. The van der Waals surface area contributed by atoms with E-state index in [1.54, 1.807) is 0 Å². The monoisotopic (exact) mass is 257 g/mol. The first-order chi connectivity index (χ1) is 8.43. The second-order valence-corrected chi connectivity index (χ2v) is 5.02. The number of hydrogen-bond donors (Lipinski definition) is 3. The average molecular weight is 257 g/mol. The second kappa shape index (κ2) is 9.88. The minimum absolute atomic E-state index is 0.0277. The van der Waals surface area contributed by atoms with E-state index in [-0.39, 0.29) is 23.8 Å². The van der Waals surface area contributed by atoms with Gasteiger partial charge in [0.15, 0.2) is 0 Å². The Morgan fingerprint density at radius 2 is 1.78 bits per heavy atom. The Morgan fingerprint density at radius 3 is 2.33 bits per heavy atom. The molecule has 0 aliphatic rings. The smallest absolute Gasteiger partial charge is 0.222 e. The van der Waals surface area contributed by atoms with Gasteiger partial charge in [-0.3, -0.25) is 9.59 Å². The fourth-order valence-electron chi connectivity index (χ4n) is 1.69. The summed E-state index contributed by atoms with van der Waals surface area (Å²) in [7, 11) is 0. The summed E-state index contributed by atoms with van der Waals surface area (Å²) < 4.78 is 0. The predicted molar refractivity (Wildman–Crippen MR) is 72.7 cm³/mol. The minimum Gasteiger partial charge on any atom is -0.370 e. The number of primary amides is 1. The van der Waals surface area contributed by atoms with Crippen molar-refractivity contribution in [2.45, 2.75) is 58.4 Å². The number of unbranched alkanes of at least 4 members (excludes halogenated alkanes) is 1. The van der Waals surface area contributed by atoms with Crippen LogP contribution in [0.15, 0.2) is 0 Å². The van der Waals surface area contributed by atoms with Gasteiger partial charge >= 0.3 is 0 Å². The Bertz CT molecular complexity index is 255. The molecule has 5 nitrogen and oxygen atoms in total. The molecular formula is C13H27N3O2. The molecule has 0 bridgehead atoms. The summed E-state index contributed by atoms with van der Waals surface area (Å²) in [4.78, 5) is 22.2. The average Bonchev–Trinajstić information content (AvgIpc) is 2.27. The Hall–Kier alpha value is -1.10. The Morgan fingerprint density at radius 1 is 1.11 bits per heavy atom. The second-order valence-electron chi connectivity index (χ2n) is 5.02. The lowest BCUT2D eigenvalue weighted by Crippen LogP contribution is -2.30. The van der Waals surface area contributed by atoms with E-state index in [2.05, 4.69) is 5.32 Å². The Labute approximate surface area is 110 Å². The van der Waals surface area contributed by atoms with Crippen LogP contribution in [0, 0.1) is 5.92 Å². The molecule has 2 amide bonds. The fraction of sp³-hybridized carbons (Fsp3) is 0.846. The van der Waals surface area contributed by atoms with Crippen LogP contribution in [-0.4, -0.2) is 24.4 Å². The third-order valence-electron chi connectivity index (χ3n) is 2.89. The van der Waals surface area contributed by atoms with Crippen LogP contribution in [0.2, 0.25) is 0 Å². The first-order valence-electron chi connectivity index (χ1n) is 6.75. The summed E-state index contributed by atoms with van der Waals surface area (Å²) in [6, 6.07) is 0.203. The molecule has 0 fully saturated rings. The van der Waals surface area contributed by atoms with Gasteiger partial charge in [-0.2, -0.15) is 0 Å². The van der Waals surface area contributed by atoms with Gasteiger partial charge in [0.05, 0.1) is 0 Å². The third-order valence-corrected chi connectivity index (χ3v) is 2.89. The summed E-state index contributed by atoms with van der Waals surface area (Å²) in [5.41, 5.74) is 10.7. The van der Waals surface area contributed by atoms with Crippen LogP contribution >= 0.6 is 0 Å². The van der Waals surface area contributed by atoms with Crippen molar-refractivity contribution >= 4 is 11.8 Å². The first-order valence-corrected chi connectivity index (χ1v) is 6.75. The molecule has 0 spiro atoms. The summed E-state index contributed by atoms with van der Waals surface area (Å²) in [5, 5.41) is 2.87. The summed E-state index contributed by atoms with van der Waals surface area (Å²) in [6.07, 6.45) is 4.72. The van der Waals surface area contributed by atoms with E-state index in [1.807, 2.05) is 13.8 Å². The normalized spacial score (nSPS) is 13.9. The van der Waals surface area contributed by atoms with Gasteiger partial charge in [-0.1, -0.05) is 13.3 Å². The lowest BCUT2D eigenvalue weighted by atomic mass is 10.0. The van der Waals surface area contributed by atoms with Gasteiger partial charge in [-0.15, -0.1) is 0 Å². The van der Waals surface area contributed by atoms with Crippen molar-refractivity contribution in [3.63, 3.8) is 0 Å². The number of amides is 2. The molecule has 0 saturated carbocycles. The van der Waals surface area contributed by atoms with Crippen LogP contribution in [0.25, 0.3) is 0 Å². The molecule has 0 heterocycles. The first kappa shape index (κ1) is 16.9. The van der Waals surface area contributed by atoms with Gasteiger partial charge in [0.25, 0.3) is 0 Å². The van der Waals surface area contributed by atoms with Crippen LogP contribution in [-0.2, 0) is 9.59 Å². The highest BCUT2D eigenvalue weighted by Gasteiger charge is 2.11. The van der Waals surface area contributed by atoms with Gasteiger partial charge < -0.3 is 16.8 Å². The van der Waals surface area contributed by atoms with Crippen LogP contribution in [0.4, 0.5) is 0 Å². The van der Waals surface area contributed by atoms with Crippen molar-refractivity contribution in [3.05, 3.63) is 0 Å². The maximum Gasteiger partial charge on any atom is 0.222 e. The van der Waals surface area contributed by atoms with Crippen molar-refractivity contribution in [1.29, 1.82) is 0 Å². The van der Waals surface area contributed by atoms with Gasteiger partial charge in [0.2, 0.25) is 11.8 Å². The molecule has 2 atom stereocenters. The largest absolute Gasteiger partial charge is 0.370 e. The molecule has 0 radical (unpaired) electrons. The number of nitrogens with one attached hydrogen (secondary N) is 1. The van der Waals surface area contributed by atoms with E-state index >= 15 is 0 Å². The molecule has 0 saturated heterocycles. The molecule has 2 unspecified atom stereocenters. The zero-order chi connectivity index (χ0) is 14.0. The van der Waals surface area contributed by atoms with Crippen LogP contribution < -0.4 is 16.8 Å². The number of carbonyl (C=O) groups is 2. The zero-order valence-corrected chi connectivity index (χ0v) is 11.6.